The first-order chi connectivity index (χ1) is 19.0. The number of thiophene rings is 1. The van der Waals surface area contributed by atoms with E-state index in [0.717, 1.165) is 53.1 Å². The summed E-state index contributed by atoms with van der Waals surface area (Å²) in [5.74, 6) is 2.01. The molecule has 1 aliphatic rings. The molecule has 1 amide bonds. The number of carbonyl (C=O) groups excluding carboxylic acids is 1. The van der Waals surface area contributed by atoms with Gasteiger partial charge in [-0.15, -0.1) is 21.5 Å². The van der Waals surface area contributed by atoms with Gasteiger partial charge in [0.15, 0.2) is 17.1 Å². The monoisotopic (exact) mass is 599 g/mol. The first-order valence-electron chi connectivity index (χ1n) is 13.8. The number of carbonyl (C=O) groups is 1. The third-order valence-corrected chi connectivity index (χ3v) is 10.9. The molecule has 2 atom stereocenters. The van der Waals surface area contributed by atoms with Crippen molar-refractivity contribution in [3.8, 4) is 11.8 Å². The number of halogens is 1. The van der Waals surface area contributed by atoms with E-state index in [0.29, 0.717) is 34.0 Å². The number of aromatic nitrogens is 3. The predicted octanol–water partition coefficient (Wildman–Crippen LogP) is 7.91. The third-order valence-electron chi connectivity index (χ3n) is 8.13. The summed E-state index contributed by atoms with van der Waals surface area (Å²) in [6.45, 7) is 15.4. The number of fused-ring (bicyclic) bond motifs is 1. The fourth-order valence-electron chi connectivity index (χ4n) is 5.28. The van der Waals surface area contributed by atoms with Crippen LogP contribution >= 0.6 is 34.7 Å². The molecule has 214 valence electrons. The molecule has 0 saturated carbocycles. The maximum Gasteiger partial charge on any atom is 0.235 e. The van der Waals surface area contributed by atoms with Gasteiger partial charge in [0.2, 0.25) is 5.91 Å². The topological polar surface area (TPSA) is 92.8 Å². The van der Waals surface area contributed by atoms with Crippen LogP contribution in [0.3, 0.4) is 0 Å². The van der Waals surface area contributed by atoms with E-state index >= 15 is 0 Å². The summed E-state index contributed by atoms with van der Waals surface area (Å²) in [6.07, 6.45) is 3.73. The summed E-state index contributed by atoms with van der Waals surface area (Å²) in [6, 6.07) is 6.19. The smallest absolute Gasteiger partial charge is 0.235 e. The fourth-order valence-corrected chi connectivity index (χ4v) is 7.49. The normalized spacial score (nSPS) is 15.8. The molecule has 2 aromatic heterocycles. The van der Waals surface area contributed by atoms with Crippen LogP contribution in [-0.4, -0.2) is 26.4 Å². The van der Waals surface area contributed by atoms with Crippen LogP contribution in [-0.2, 0) is 24.2 Å². The highest BCUT2D eigenvalue weighted by molar-refractivity contribution is 7.99. The number of anilines is 1. The Morgan fingerprint density at radius 3 is 2.65 bits per heavy atom. The Balaban J connectivity index is 1.42. The van der Waals surface area contributed by atoms with Gasteiger partial charge in [0.25, 0.3) is 0 Å². The lowest BCUT2D eigenvalue weighted by Gasteiger charge is -2.36. The molecule has 3 aromatic rings. The molecule has 0 bridgehead atoms. The van der Waals surface area contributed by atoms with Crippen LogP contribution in [0.5, 0.6) is 5.75 Å². The molecular weight excluding hydrogens is 562 g/mol. The van der Waals surface area contributed by atoms with Crippen LogP contribution in [0.4, 0.5) is 5.00 Å². The van der Waals surface area contributed by atoms with Crippen molar-refractivity contribution in [3.05, 3.63) is 50.1 Å². The number of benzene rings is 1. The largest absolute Gasteiger partial charge is 0.483 e. The number of nitrogens with zero attached hydrogens (tertiary/aromatic N) is 4. The average molecular weight is 600 g/mol. The highest BCUT2D eigenvalue weighted by atomic mass is 35.5. The van der Waals surface area contributed by atoms with Crippen molar-refractivity contribution in [1.82, 2.24) is 14.8 Å². The van der Waals surface area contributed by atoms with Gasteiger partial charge in [-0.2, -0.15) is 5.26 Å². The molecule has 0 spiro atoms. The Bertz CT molecular complexity index is 1420. The van der Waals surface area contributed by atoms with Crippen LogP contribution in [0.2, 0.25) is 5.02 Å². The minimum atomic E-state index is -0.340. The van der Waals surface area contributed by atoms with Gasteiger partial charge in [0.05, 0.1) is 11.3 Å². The van der Waals surface area contributed by atoms with Crippen LogP contribution in [0.15, 0.2) is 17.3 Å². The summed E-state index contributed by atoms with van der Waals surface area (Å²) < 4.78 is 8.15. The number of nitriles is 1. The molecule has 0 radical (unpaired) electrons. The quantitative estimate of drug-likeness (QED) is 0.238. The summed E-state index contributed by atoms with van der Waals surface area (Å²) in [4.78, 5) is 14.2. The maximum atomic E-state index is 13.0. The lowest BCUT2D eigenvalue weighted by atomic mass is 9.69. The highest BCUT2D eigenvalue weighted by Crippen LogP contribution is 2.45. The Hall–Kier alpha value is -2.54. The number of thioether (sulfide) groups is 1. The lowest BCUT2D eigenvalue weighted by Crippen LogP contribution is -2.28. The molecule has 1 N–H and O–H groups in total. The minimum absolute atomic E-state index is 0.158. The van der Waals surface area contributed by atoms with Crippen molar-refractivity contribution in [2.75, 3.05) is 11.1 Å². The molecule has 0 fully saturated rings. The zero-order chi connectivity index (χ0) is 29.2. The van der Waals surface area contributed by atoms with Crippen molar-refractivity contribution in [2.45, 2.75) is 92.0 Å². The van der Waals surface area contributed by atoms with Crippen molar-refractivity contribution in [1.29, 1.82) is 5.26 Å². The molecule has 0 saturated heterocycles. The van der Waals surface area contributed by atoms with Gasteiger partial charge >= 0.3 is 0 Å². The number of hydrogen-bond donors (Lipinski definition) is 1. The number of nitrogens with one attached hydrogen (secondary N) is 1. The standard InChI is InChI=1S/C30H38ClN5O2S2/c1-8-30(6,7)20-10-11-22-23(15-32)28(40-24(22)14-20)33-25(37)16-39-29-35-34-27(36(29)9-2)19(5)38-21-12-17(3)26(31)18(4)13-21/h12-13,19-20H,8-11,14,16H2,1-7H3,(H,33,37). The second-order valence-corrected chi connectivity index (χ2v) is 13.6. The van der Waals surface area contributed by atoms with Gasteiger partial charge in [-0.25, -0.2) is 0 Å². The van der Waals surface area contributed by atoms with Crippen LogP contribution < -0.4 is 10.1 Å². The number of ether oxygens (including phenoxy) is 1. The molecule has 40 heavy (non-hydrogen) atoms. The first kappa shape index (κ1) is 30.4. The van der Waals surface area contributed by atoms with Crippen molar-refractivity contribution >= 4 is 45.6 Å². The van der Waals surface area contributed by atoms with Gasteiger partial charge in [-0.3, -0.25) is 4.79 Å². The van der Waals surface area contributed by atoms with E-state index in [1.54, 1.807) is 11.3 Å². The molecule has 1 aromatic carbocycles. The number of aryl methyl sites for hydroxylation is 2. The van der Waals surface area contributed by atoms with Gasteiger partial charge in [-0.1, -0.05) is 50.6 Å². The number of amides is 1. The van der Waals surface area contributed by atoms with E-state index in [9.17, 15) is 10.1 Å². The fraction of sp³-hybridized carbons (Fsp3) is 0.533. The summed E-state index contributed by atoms with van der Waals surface area (Å²) >= 11 is 9.20. The van der Waals surface area contributed by atoms with E-state index < -0.39 is 0 Å². The Morgan fingerprint density at radius 2 is 2.02 bits per heavy atom. The third kappa shape index (κ3) is 6.35. The molecule has 0 aliphatic heterocycles. The van der Waals surface area contributed by atoms with Crippen molar-refractivity contribution < 1.29 is 9.53 Å². The van der Waals surface area contributed by atoms with E-state index in [1.165, 1.54) is 16.6 Å². The van der Waals surface area contributed by atoms with Crippen LogP contribution in [0, 0.1) is 36.5 Å². The molecule has 1 aliphatic carbocycles. The maximum absolute atomic E-state index is 13.0. The van der Waals surface area contributed by atoms with Gasteiger partial charge in [-0.05, 0) is 87.1 Å². The van der Waals surface area contributed by atoms with Gasteiger partial charge in [0, 0.05) is 16.4 Å². The predicted molar refractivity (Wildman–Crippen MR) is 164 cm³/mol. The second-order valence-electron chi connectivity index (χ2n) is 11.2. The Labute approximate surface area is 250 Å². The Kier molecular flexibility index (Phi) is 9.54. The van der Waals surface area contributed by atoms with E-state index in [2.05, 4.69) is 42.4 Å². The van der Waals surface area contributed by atoms with Crippen molar-refractivity contribution in [3.63, 3.8) is 0 Å². The molecule has 7 nitrogen and oxygen atoms in total. The highest BCUT2D eigenvalue weighted by Gasteiger charge is 2.34. The SMILES string of the molecule is CCn1c(SCC(=O)Nc2sc3c(c2C#N)CCC(C(C)(C)CC)C3)nnc1C(C)Oc1cc(C)c(Cl)c(C)c1. The number of hydrogen-bond acceptors (Lipinski definition) is 7. The number of rotatable bonds is 10. The molecular formula is C30H38ClN5O2S2. The van der Waals surface area contributed by atoms with E-state index in [4.69, 9.17) is 16.3 Å². The van der Waals surface area contributed by atoms with E-state index in [-0.39, 0.29) is 23.2 Å². The van der Waals surface area contributed by atoms with Gasteiger partial charge < -0.3 is 14.6 Å². The zero-order valence-corrected chi connectivity index (χ0v) is 26.7. The first-order valence-corrected chi connectivity index (χ1v) is 16.0. The minimum Gasteiger partial charge on any atom is -0.483 e. The average Bonchev–Trinajstić information content (AvgIpc) is 3.50. The summed E-state index contributed by atoms with van der Waals surface area (Å²) in [5, 5.41) is 23.7. The van der Waals surface area contributed by atoms with Crippen molar-refractivity contribution in [2.24, 2.45) is 11.3 Å². The second kappa shape index (κ2) is 12.5. The van der Waals surface area contributed by atoms with E-state index in [1.807, 2.05) is 44.4 Å². The molecule has 2 heterocycles. The molecule has 4 rings (SSSR count). The van der Waals surface area contributed by atoms with Gasteiger partial charge in [0.1, 0.15) is 16.8 Å². The zero-order valence-electron chi connectivity index (χ0n) is 24.4. The summed E-state index contributed by atoms with van der Waals surface area (Å²) in [7, 11) is 0. The van der Waals surface area contributed by atoms with Crippen LogP contribution in [0.1, 0.15) is 86.5 Å². The van der Waals surface area contributed by atoms with Crippen LogP contribution in [0.25, 0.3) is 0 Å². The molecule has 2 unspecified atom stereocenters. The Morgan fingerprint density at radius 1 is 1.32 bits per heavy atom. The lowest BCUT2D eigenvalue weighted by molar-refractivity contribution is -0.113. The summed E-state index contributed by atoms with van der Waals surface area (Å²) in [5.41, 5.74) is 3.92. The molecule has 10 heteroatoms.